The molecular weight excluding hydrogens is 397 g/mol. The number of pyridine rings is 1. The number of thioether (sulfide) groups is 1. The van der Waals surface area contributed by atoms with Gasteiger partial charge in [0.05, 0.1) is 36.1 Å². The highest BCUT2D eigenvalue weighted by Crippen LogP contribution is 2.36. The van der Waals surface area contributed by atoms with E-state index in [2.05, 4.69) is 9.97 Å². The van der Waals surface area contributed by atoms with Gasteiger partial charge >= 0.3 is 6.18 Å². The maximum absolute atomic E-state index is 12.6. The molecular formula is C18H15F3N2O2S2. The van der Waals surface area contributed by atoms with Crippen molar-refractivity contribution in [2.24, 2.45) is 0 Å². The molecule has 1 aromatic carbocycles. The monoisotopic (exact) mass is 412 g/mol. The van der Waals surface area contributed by atoms with Crippen molar-refractivity contribution in [3.63, 3.8) is 0 Å². The number of alkyl halides is 3. The molecule has 0 amide bonds. The van der Waals surface area contributed by atoms with Crippen LogP contribution < -0.4 is 9.47 Å². The van der Waals surface area contributed by atoms with E-state index in [-0.39, 0.29) is 0 Å². The zero-order valence-electron chi connectivity index (χ0n) is 14.4. The van der Waals surface area contributed by atoms with Crippen molar-refractivity contribution in [2.45, 2.75) is 17.0 Å². The molecule has 142 valence electrons. The number of hydrogen-bond acceptors (Lipinski definition) is 6. The van der Waals surface area contributed by atoms with Gasteiger partial charge in [-0.15, -0.1) is 23.1 Å². The number of rotatable bonds is 6. The number of halogens is 3. The number of methoxy groups -OCH3 is 2. The van der Waals surface area contributed by atoms with Gasteiger partial charge in [0.15, 0.2) is 0 Å². The SMILES string of the molecule is COc1ccc(-c2nc(CSc3ccc(C(F)(F)F)cn3)cs2)c(OC)c1. The molecule has 0 aliphatic rings. The lowest BCUT2D eigenvalue weighted by Crippen LogP contribution is -2.05. The summed E-state index contributed by atoms with van der Waals surface area (Å²) in [6.07, 6.45) is -3.53. The van der Waals surface area contributed by atoms with Gasteiger partial charge in [0.25, 0.3) is 0 Å². The van der Waals surface area contributed by atoms with E-state index < -0.39 is 11.7 Å². The number of benzene rings is 1. The van der Waals surface area contributed by atoms with E-state index in [1.165, 1.54) is 29.2 Å². The van der Waals surface area contributed by atoms with Crippen molar-refractivity contribution in [3.05, 3.63) is 53.2 Å². The van der Waals surface area contributed by atoms with Gasteiger partial charge in [0.2, 0.25) is 0 Å². The zero-order chi connectivity index (χ0) is 19.4. The van der Waals surface area contributed by atoms with Gasteiger partial charge in [0, 0.05) is 23.4 Å². The first-order chi connectivity index (χ1) is 12.9. The Balaban J connectivity index is 1.70. The van der Waals surface area contributed by atoms with Crippen LogP contribution in [0.1, 0.15) is 11.3 Å². The fraction of sp³-hybridized carbons (Fsp3) is 0.222. The smallest absolute Gasteiger partial charge is 0.417 e. The molecule has 9 heteroatoms. The summed E-state index contributed by atoms with van der Waals surface area (Å²) >= 11 is 2.80. The predicted molar refractivity (Wildman–Crippen MR) is 99.5 cm³/mol. The second kappa shape index (κ2) is 8.18. The largest absolute Gasteiger partial charge is 0.497 e. The average Bonchev–Trinajstić information content (AvgIpc) is 3.14. The molecule has 0 unspecified atom stereocenters. The molecule has 2 aromatic heterocycles. The van der Waals surface area contributed by atoms with Crippen molar-refractivity contribution in [1.29, 1.82) is 0 Å². The van der Waals surface area contributed by atoms with Crippen molar-refractivity contribution < 1.29 is 22.6 Å². The summed E-state index contributed by atoms with van der Waals surface area (Å²) in [4.78, 5) is 8.44. The van der Waals surface area contributed by atoms with Crippen LogP contribution in [-0.2, 0) is 11.9 Å². The highest BCUT2D eigenvalue weighted by molar-refractivity contribution is 7.98. The fourth-order valence-electron chi connectivity index (χ4n) is 2.25. The van der Waals surface area contributed by atoms with E-state index in [1.54, 1.807) is 20.3 Å². The van der Waals surface area contributed by atoms with Crippen LogP contribution in [0.25, 0.3) is 10.6 Å². The molecule has 0 bridgehead atoms. The third kappa shape index (κ3) is 4.72. The molecule has 0 N–H and O–H groups in total. The maximum atomic E-state index is 12.6. The highest BCUT2D eigenvalue weighted by atomic mass is 32.2. The number of aromatic nitrogens is 2. The van der Waals surface area contributed by atoms with Crippen LogP contribution in [0, 0.1) is 0 Å². The summed E-state index contributed by atoms with van der Waals surface area (Å²) < 4.78 is 48.3. The van der Waals surface area contributed by atoms with Gasteiger partial charge in [0.1, 0.15) is 16.5 Å². The second-order valence-electron chi connectivity index (χ2n) is 5.38. The first-order valence-electron chi connectivity index (χ1n) is 7.73. The van der Waals surface area contributed by atoms with Crippen LogP contribution in [0.3, 0.4) is 0 Å². The number of ether oxygens (including phenoxy) is 2. The fourth-order valence-corrected chi connectivity index (χ4v) is 3.94. The van der Waals surface area contributed by atoms with E-state index in [0.717, 1.165) is 28.5 Å². The Morgan fingerprint density at radius 2 is 1.93 bits per heavy atom. The van der Waals surface area contributed by atoms with Gasteiger partial charge in [-0.2, -0.15) is 13.2 Å². The average molecular weight is 412 g/mol. The molecule has 4 nitrogen and oxygen atoms in total. The van der Waals surface area contributed by atoms with E-state index in [4.69, 9.17) is 9.47 Å². The summed E-state index contributed by atoms with van der Waals surface area (Å²) in [6, 6.07) is 7.90. The molecule has 27 heavy (non-hydrogen) atoms. The van der Waals surface area contributed by atoms with Crippen molar-refractivity contribution >= 4 is 23.1 Å². The van der Waals surface area contributed by atoms with E-state index >= 15 is 0 Å². The van der Waals surface area contributed by atoms with Crippen LogP contribution >= 0.6 is 23.1 Å². The van der Waals surface area contributed by atoms with Crippen LogP contribution in [0.4, 0.5) is 13.2 Å². The highest BCUT2D eigenvalue weighted by Gasteiger charge is 2.30. The Morgan fingerprint density at radius 3 is 2.56 bits per heavy atom. The molecule has 0 aliphatic carbocycles. The molecule has 0 spiro atoms. The topological polar surface area (TPSA) is 44.2 Å². The van der Waals surface area contributed by atoms with Gasteiger partial charge in [-0.25, -0.2) is 9.97 Å². The molecule has 0 saturated carbocycles. The molecule has 0 atom stereocenters. The van der Waals surface area contributed by atoms with Gasteiger partial charge in [-0.3, -0.25) is 0 Å². The summed E-state index contributed by atoms with van der Waals surface area (Å²) in [5, 5.41) is 3.22. The van der Waals surface area contributed by atoms with E-state index in [1.807, 2.05) is 17.5 Å². The molecule has 0 aliphatic heterocycles. The first-order valence-corrected chi connectivity index (χ1v) is 9.60. The van der Waals surface area contributed by atoms with Crippen LogP contribution in [0.2, 0.25) is 0 Å². The lowest BCUT2D eigenvalue weighted by Gasteiger charge is -2.08. The van der Waals surface area contributed by atoms with Crippen LogP contribution in [0.5, 0.6) is 11.5 Å². The molecule has 0 fully saturated rings. The summed E-state index contributed by atoms with van der Waals surface area (Å²) in [5.41, 5.74) is 0.918. The number of nitrogens with zero attached hydrogens (tertiary/aromatic N) is 2. The van der Waals surface area contributed by atoms with Crippen molar-refractivity contribution in [1.82, 2.24) is 9.97 Å². The second-order valence-corrected chi connectivity index (χ2v) is 7.24. The first kappa shape index (κ1) is 19.5. The Kier molecular flexibility index (Phi) is 5.91. The summed E-state index contributed by atoms with van der Waals surface area (Å²) in [5.74, 6) is 1.86. The standard InChI is InChI=1S/C18H15F3N2O2S2/c1-24-13-4-5-14(15(7-13)25-2)17-23-12(10-27-17)9-26-16-6-3-11(8-22-16)18(19,20)21/h3-8,10H,9H2,1-2H3. The molecule has 3 rings (SSSR count). The minimum Gasteiger partial charge on any atom is -0.497 e. The minimum absolute atomic E-state index is 0.507. The lowest BCUT2D eigenvalue weighted by atomic mass is 10.2. The Labute approximate surface area is 162 Å². The van der Waals surface area contributed by atoms with Crippen LogP contribution in [0.15, 0.2) is 46.9 Å². The van der Waals surface area contributed by atoms with Gasteiger partial charge < -0.3 is 9.47 Å². The van der Waals surface area contributed by atoms with Gasteiger partial charge in [-0.05, 0) is 24.3 Å². The van der Waals surface area contributed by atoms with Crippen molar-refractivity contribution in [3.8, 4) is 22.1 Å². The molecule has 0 saturated heterocycles. The molecule has 2 heterocycles. The molecule has 3 aromatic rings. The van der Waals surface area contributed by atoms with Crippen LogP contribution in [-0.4, -0.2) is 24.2 Å². The third-order valence-corrected chi connectivity index (χ3v) is 5.52. The zero-order valence-corrected chi connectivity index (χ0v) is 16.0. The number of hydrogen-bond donors (Lipinski definition) is 0. The predicted octanol–water partition coefficient (Wildman–Crippen LogP) is 5.53. The quantitative estimate of drug-likeness (QED) is 0.498. The Bertz CT molecular complexity index is 912. The van der Waals surface area contributed by atoms with E-state index in [9.17, 15) is 13.2 Å². The third-order valence-electron chi connectivity index (χ3n) is 3.62. The summed E-state index contributed by atoms with van der Waals surface area (Å²) in [7, 11) is 3.17. The number of thiazole rings is 1. The maximum Gasteiger partial charge on any atom is 0.417 e. The lowest BCUT2D eigenvalue weighted by molar-refractivity contribution is -0.137. The summed E-state index contributed by atoms with van der Waals surface area (Å²) in [6.45, 7) is 0. The normalized spacial score (nSPS) is 11.4. The van der Waals surface area contributed by atoms with E-state index in [0.29, 0.717) is 22.3 Å². The van der Waals surface area contributed by atoms with Crippen molar-refractivity contribution in [2.75, 3.05) is 14.2 Å². The Morgan fingerprint density at radius 1 is 1.11 bits per heavy atom. The minimum atomic E-state index is -4.38. The Hall–Kier alpha value is -2.26. The molecule has 0 radical (unpaired) electrons. The van der Waals surface area contributed by atoms with Gasteiger partial charge in [-0.1, -0.05) is 0 Å².